The van der Waals surface area contributed by atoms with E-state index in [1.54, 1.807) is 0 Å². The summed E-state index contributed by atoms with van der Waals surface area (Å²) in [6.45, 7) is 29.6. The molecule has 0 fully saturated rings. The fourth-order valence-electron chi connectivity index (χ4n) is 3.10. The van der Waals surface area contributed by atoms with Crippen LogP contribution in [0.5, 0.6) is 0 Å². The Kier molecular flexibility index (Phi) is 5.98. The summed E-state index contributed by atoms with van der Waals surface area (Å²) in [5.74, 6) is 0.729. The molecule has 0 atom stereocenters. The highest BCUT2D eigenvalue weighted by Gasteiger charge is 2.42. The van der Waals surface area contributed by atoms with E-state index < -0.39 is 0 Å². The molecule has 1 heteroatoms. The van der Waals surface area contributed by atoms with Crippen LogP contribution in [-0.4, -0.2) is 22.5 Å². The van der Waals surface area contributed by atoms with Crippen molar-refractivity contribution >= 4 is 0 Å². The van der Waals surface area contributed by atoms with Crippen LogP contribution in [0.15, 0.2) is 0 Å². The van der Waals surface area contributed by atoms with Crippen molar-refractivity contribution in [2.45, 2.75) is 101 Å². The Bertz CT molecular complexity index is 297. The van der Waals surface area contributed by atoms with Gasteiger partial charge in [0.2, 0.25) is 0 Å². The van der Waals surface area contributed by atoms with E-state index in [1.807, 2.05) is 0 Å². The Hall–Kier alpha value is -0.0400. The van der Waals surface area contributed by atoms with E-state index in [1.165, 1.54) is 6.42 Å². The van der Waals surface area contributed by atoms with Crippen molar-refractivity contribution in [2.24, 2.45) is 16.7 Å². The predicted octanol–water partition coefficient (Wildman–Crippen LogP) is 5.98. The van der Waals surface area contributed by atoms with Gasteiger partial charge in [-0.3, -0.25) is 4.90 Å². The fraction of sp³-hybridized carbons (Fsp3) is 1.00. The lowest BCUT2D eigenvalue weighted by molar-refractivity contribution is -0.0433. The molecule has 0 spiro atoms. The highest BCUT2D eigenvalue weighted by Crippen LogP contribution is 2.42. The third-order valence-corrected chi connectivity index (χ3v) is 5.03. The van der Waals surface area contributed by atoms with Crippen LogP contribution < -0.4 is 0 Å². The third-order valence-electron chi connectivity index (χ3n) is 5.03. The van der Waals surface area contributed by atoms with Gasteiger partial charge in [0.1, 0.15) is 0 Å². The first-order valence-electron chi connectivity index (χ1n) is 8.28. The monoisotopic (exact) mass is 283 g/mol. The molecule has 20 heavy (non-hydrogen) atoms. The summed E-state index contributed by atoms with van der Waals surface area (Å²) in [5.41, 5.74) is 1.02. The summed E-state index contributed by atoms with van der Waals surface area (Å²) in [5, 5.41) is 0. The minimum atomic E-state index is 0.195. The van der Waals surface area contributed by atoms with Crippen LogP contribution in [-0.2, 0) is 0 Å². The van der Waals surface area contributed by atoms with Crippen molar-refractivity contribution in [1.82, 2.24) is 4.90 Å². The van der Waals surface area contributed by atoms with Crippen LogP contribution >= 0.6 is 0 Å². The van der Waals surface area contributed by atoms with Gasteiger partial charge < -0.3 is 0 Å². The maximum atomic E-state index is 2.73. The van der Waals surface area contributed by atoms with Gasteiger partial charge in [0.05, 0.1) is 0 Å². The molecule has 0 aromatic rings. The Balaban J connectivity index is 5.42. The topological polar surface area (TPSA) is 3.24 Å². The molecule has 0 saturated heterocycles. The highest BCUT2D eigenvalue weighted by atomic mass is 15.2. The molecule has 0 amide bonds. The molecule has 0 bridgehead atoms. The van der Waals surface area contributed by atoms with Crippen molar-refractivity contribution in [3.8, 4) is 0 Å². The van der Waals surface area contributed by atoms with Crippen molar-refractivity contribution in [3.05, 3.63) is 0 Å². The molecule has 1 nitrogen and oxygen atoms in total. The second-order valence-electron chi connectivity index (χ2n) is 10.3. The van der Waals surface area contributed by atoms with Crippen molar-refractivity contribution in [3.63, 3.8) is 0 Å². The molecule has 0 radical (unpaired) electrons. The Labute approximate surface area is 129 Å². The van der Waals surface area contributed by atoms with Gasteiger partial charge in [0.15, 0.2) is 0 Å². The first-order valence-corrected chi connectivity index (χ1v) is 8.28. The van der Waals surface area contributed by atoms with Crippen LogP contribution in [0.2, 0.25) is 0 Å². The van der Waals surface area contributed by atoms with E-state index >= 15 is 0 Å². The molecule has 0 saturated carbocycles. The van der Waals surface area contributed by atoms with E-state index in [9.17, 15) is 0 Å². The first-order chi connectivity index (χ1) is 8.51. The van der Waals surface area contributed by atoms with Crippen LogP contribution in [0.1, 0.15) is 89.5 Å². The third kappa shape index (κ3) is 5.39. The molecule has 0 heterocycles. The molecule has 0 N–H and O–H groups in total. The minimum absolute atomic E-state index is 0.195. The Morgan fingerprint density at radius 2 is 1.15 bits per heavy atom. The fourth-order valence-corrected chi connectivity index (χ4v) is 3.10. The van der Waals surface area contributed by atoms with Gasteiger partial charge in [0, 0.05) is 17.6 Å². The van der Waals surface area contributed by atoms with Gasteiger partial charge in [0.25, 0.3) is 0 Å². The molecular formula is C19H41N. The summed E-state index contributed by atoms with van der Waals surface area (Å²) in [4.78, 5) is 2.73. The van der Waals surface area contributed by atoms with Gasteiger partial charge in [-0.1, -0.05) is 48.5 Å². The molecule has 0 aliphatic rings. The molecule has 0 aromatic carbocycles. The largest absolute Gasteiger partial charge is 0.293 e. The molecule has 0 aromatic heterocycles. The van der Waals surface area contributed by atoms with Gasteiger partial charge in [-0.25, -0.2) is 0 Å². The summed E-state index contributed by atoms with van der Waals surface area (Å²) < 4.78 is 0. The van der Waals surface area contributed by atoms with E-state index in [2.05, 4.69) is 88.0 Å². The van der Waals surface area contributed by atoms with Crippen molar-refractivity contribution in [1.29, 1.82) is 0 Å². The summed E-state index contributed by atoms with van der Waals surface area (Å²) in [6, 6.07) is 0. The zero-order chi connectivity index (χ0) is 16.6. The average Bonchev–Trinajstić information content (AvgIpc) is 2.07. The number of hydrogen-bond donors (Lipinski definition) is 0. The molecule has 0 aliphatic carbocycles. The molecule has 0 unspecified atom stereocenters. The average molecular weight is 284 g/mol. The van der Waals surface area contributed by atoms with Crippen LogP contribution in [0.4, 0.5) is 0 Å². The van der Waals surface area contributed by atoms with Crippen molar-refractivity contribution < 1.29 is 0 Å². The smallest absolute Gasteiger partial charge is 0.0161 e. The lowest BCUT2D eigenvalue weighted by Crippen LogP contribution is -2.59. The Morgan fingerprint density at radius 3 is 1.40 bits per heavy atom. The summed E-state index contributed by atoms with van der Waals surface area (Å²) >= 11 is 0. The second kappa shape index (κ2) is 5.99. The predicted molar refractivity (Wildman–Crippen MR) is 93.2 cm³/mol. The maximum absolute atomic E-state index is 2.73. The Morgan fingerprint density at radius 1 is 0.750 bits per heavy atom. The SMILES string of the molecule is CC(C)CC(C)(C)N(CC(C)(C)C(C)(C)C)C(C)(C)C. The van der Waals surface area contributed by atoms with Gasteiger partial charge >= 0.3 is 0 Å². The molecule has 0 aliphatic heterocycles. The highest BCUT2D eigenvalue weighted by molar-refractivity contribution is 4.96. The molecule has 122 valence electrons. The van der Waals surface area contributed by atoms with E-state index in [0.717, 1.165) is 12.5 Å². The van der Waals surface area contributed by atoms with Gasteiger partial charge in [-0.15, -0.1) is 0 Å². The lowest BCUT2D eigenvalue weighted by atomic mass is 9.68. The zero-order valence-corrected chi connectivity index (χ0v) is 16.4. The van der Waals surface area contributed by atoms with Crippen molar-refractivity contribution in [2.75, 3.05) is 6.54 Å². The van der Waals surface area contributed by atoms with Gasteiger partial charge in [-0.05, 0) is 57.8 Å². The zero-order valence-electron chi connectivity index (χ0n) is 16.4. The molecular weight excluding hydrogens is 242 g/mol. The van der Waals surface area contributed by atoms with E-state index in [4.69, 9.17) is 0 Å². The maximum Gasteiger partial charge on any atom is 0.0161 e. The minimum Gasteiger partial charge on any atom is -0.293 e. The molecule has 0 rings (SSSR count). The van der Waals surface area contributed by atoms with E-state index in [0.29, 0.717) is 5.41 Å². The van der Waals surface area contributed by atoms with Crippen LogP contribution in [0, 0.1) is 16.7 Å². The standard InChI is InChI=1S/C19H41N/c1-15(2)13-19(11,12)20(17(6,7)8)14-18(9,10)16(3,4)5/h15H,13-14H2,1-12H3. The number of rotatable bonds is 5. The normalized spacial score (nSPS) is 15.3. The van der Waals surface area contributed by atoms with Crippen LogP contribution in [0.3, 0.4) is 0 Å². The van der Waals surface area contributed by atoms with E-state index in [-0.39, 0.29) is 16.5 Å². The summed E-state index contributed by atoms with van der Waals surface area (Å²) in [6.07, 6.45) is 1.24. The summed E-state index contributed by atoms with van der Waals surface area (Å²) in [7, 11) is 0. The lowest BCUT2D eigenvalue weighted by Gasteiger charge is -2.53. The first kappa shape index (κ1) is 20.0. The van der Waals surface area contributed by atoms with Gasteiger partial charge in [-0.2, -0.15) is 0 Å². The number of hydrogen-bond acceptors (Lipinski definition) is 1. The quantitative estimate of drug-likeness (QED) is 0.599. The second-order valence-corrected chi connectivity index (χ2v) is 10.3. The van der Waals surface area contributed by atoms with Crippen LogP contribution in [0.25, 0.3) is 0 Å². The number of nitrogens with zero attached hydrogens (tertiary/aromatic N) is 1.